The van der Waals surface area contributed by atoms with Gasteiger partial charge in [-0.15, -0.1) is 10.2 Å². The van der Waals surface area contributed by atoms with Crippen molar-refractivity contribution in [3.63, 3.8) is 0 Å². The van der Waals surface area contributed by atoms with Crippen molar-refractivity contribution in [1.29, 1.82) is 0 Å². The first-order valence-electron chi connectivity index (χ1n) is 10.5. The van der Waals surface area contributed by atoms with Crippen molar-refractivity contribution in [1.82, 2.24) is 34.9 Å². The predicted octanol–water partition coefficient (Wildman–Crippen LogP) is 2.18. The van der Waals surface area contributed by atoms with E-state index in [2.05, 4.69) is 43.8 Å². The molecule has 2 aromatic heterocycles. The van der Waals surface area contributed by atoms with E-state index in [0.717, 1.165) is 61.5 Å². The highest BCUT2D eigenvalue weighted by Gasteiger charge is 2.29. The molecule has 4 rings (SSSR count). The number of anilines is 1. The summed E-state index contributed by atoms with van der Waals surface area (Å²) in [5, 5.41) is 11.6. The van der Waals surface area contributed by atoms with Gasteiger partial charge in [-0.1, -0.05) is 13.8 Å². The van der Waals surface area contributed by atoms with Gasteiger partial charge in [0, 0.05) is 50.4 Å². The van der Waals surface area contributed by atoms with Gasteiger partial charge in [-0.2, -0.15) is 0 Å². The fraction of sp³-hybridized carbons (Fsp3) is 0.650. The Labute approximate surface area is 171 Å². The highest BCUT2D eigenvalue weighted by molar-refractivity contribution is 5.75. The Bertz CT molecular complexity index is 885. The van der Waals surface area contributed by atoms with Gasteiger partial charge in [-0.25, -0.2) is 14.8 Å². The molecule has 0 saturated carbocycles. The number of rotatable bonds is 3. The first-order valence-corrected chi connectivity index (χ1v) is 10.5. The number of fused-ring (bicyclic) bond motifs is 1. The zero-order valence-electron chi connectivity index (χ0n) is 17.7. The number of nitrogens with one attached hydrogen (secondary N) is 1. The van der Waals surface area contributed by atoms with Gasteiger partial charge < -0.3 is 19.7 Å². The van der Waals surface area contributed by atoms with Gasteiger partial charge in [0.15, 0.2) is 5.82 Å². The number of amides is 2. The molecule has 0 unspecified atom stereocenters. The van der Waals surface area contributed by atoms with Crippen LogP contribution in [-0.4, -0.2) is 61.8 Å². The van der Waals surface area contributed by atoms with Gasteiger partial charge in [0.05, 0.1) is 6.04 Å². The standard InChI is InChI=1S/C20H30N8O/c1-13(2)18-21-14(3)12-17(23-18)26-8-10-27(11-9-26)20(29)22-16-6-5-7-28-15(4)24-25-19(16)28/h12-13,16H,5-11H2,1-4H3,(H,22,29)/t16-/m1/s1. The van der Waals surface area contributed by atoms with Crippen LogP contribution >= 0.6 is 0 Å². The summed E-state index contributed by atoms with van der Waals surface area (Å²) in [6.07, 6.45) is 1.93. The van der Waals surface area contributed by atoms with Crippen LogP contribution in [0.3, 0.4) is 0 Å². The molecular weight excluding hydrogens is 368 g/mol. The van der Waals surface area contributed by atoms with Crippen LogP contribution in [0.25, 0.3) is 0 Å². The molecule has 2 aliphatic rings. The monoisotopic (exact) mass is 398 g/mol. The van der Waals surface area contributed by atoms with Crippen LogP contribution in [0.1, 0.15) is 61.8 Å². The van der Waals surface area contributed by atoms with Crippen molar-refractivity contribution in [3.05, 3.63) is 29.2 Å². The van der Waals surface area contributed by atoms with Crippen molar-refractivity contribution in [2.75, 3.05) is 31.1 Å². The molecule has 156 valence electrons. The second-order valence-electron chi connectivity index (χ2n) is 8.26. The summed E-state index contributed by atoms with van der Waals surface area (Å²) in [5.41, 5.74) is 0.982. The average Bonchev–Trinajstić information content (AvgIpc) is 3.09. The molecule has 29 heavy (non-hydrogen) atoms. The quantitative estimate of drug-likeness (QED) is 0.852. The van der Waals surface area contributed by atoms with Gasteiger partial charge in [0.25, 0.3) is 0 Å². The molecule has 0 radical (unpaired) electrons. The number of carbonyl (C=O) groups is 1. The highest BCUT2D eigenvalue weighted by atomic mass is 16.2. The van der Waals surface area contributed by atoms with Crippen LogP contribution in [0.5, 0.6) is 0 Å². The maximum atomic E-state index is 12.8. The molecule has 9 heteroatoms. The van der Waals surface area contributed by atoms with E-state index in [1.807, 2.05) is 24.8 Å². The third-order valence-electron chi connectivity index (χ3n) is 5.71. The number of carbonyl (C=O) groups excluding carboxylic acids is 1. The van der Waals surface area contributed by atoms with E-state index in [-0.39, 0.29) is 12.1 Å². The molecule has 9 nitrogen and oxygen atoms in total. The molecular formula is C20H30N8O. The van der Waals surface area contributed by atoms with Crippen LogP contribution in [0, 0.1) is 13.8 Å². The van der Waals surface area contributed by atoms with Gasteiger partial charge in [0.1, 0.15) is 17.5 Å². The lowest BCUT2D eigenvalue weighted by molar-refractivity contribution is 0.187. The van der Waals surface area contributed by atoms with Gasteiger partial charge in [0.2, 0.25) is 0 Å². The second-order valence-corrected chi connectivity index (χ2v) is 8.26. The number of hydrogen-bond acceptors (Lipinski definition) is 6. The lowest BCUT2D eigenvalue weighted by atomic mass is 10.1. The number of hydrogen-bond donors (Lipinski definition) is 1. The Balaban J connectivity index is 1.37. The maximum Gasteiger partial charge on any atom is 0.318 e. The van der Waals surface area contributed by atoms with E-state index in [9.17, 15) is 4.79 Å². The van der Waals surface area contributed by atoms with Crippen LogP contribution < -0.4 is 10.2 Å². The van der Waals surface area contributed by atoms with Gasteiger partial charge in [-0.3, -0.25) is 0 Å². The average molecular weight is 399 g/mol. The predicted molar refractivity (Wildman–Crippen MR) is 110 cm³/mol. The molecule has 2 aliphatic heterocycles. The van der Waals surface area contributed by atoms with Crippen molar-refractivity contribution >= 4 is 11.8 Å². The number of urea groups is 1. The highest BCUT2D eigenvalue weighted by Crippen LogP contribution is 2.24. The number of aromatic nitrogens is 5. The summed E-state index contributed by atoms with van der Waals surface area (Å²) in [6.45, 7) is 12.0. The van der Waals surface area contributed by atoms with Gasteiger partial charge >= 0.3 is 6.03 Å². The van der Waals surface area contributed by atoms with E-state index >= 15 is 0 Å². The molecule has 1 N–H and O–H groups in total. The minimum atomic E-state index is -0.0615. The topological polar surface area (TPSA) is 92.1 Å². The van der Waals surface area contributed by atoms with E-state index in [1.54, 1.807) is 0 Å². The van der Waals surface area contributed by atoms with E-state index in [1.165, 1.54) is 0 Å². The largest absolute Gasteiger partial charge is 0.353 e. The van der Waals surface area contributed by atoms with Gasteiger partial charge in [-0.05, 0) is 26.7 Å². The third-order valence-corrected chi connectivity index (χ3v) is 5.71. The lowest BCUT2D eigenvalue weighted by Gasteiger charge is -2.36. The van der Waals surface area contributed by atoms with Crippen LogP contribution in [0.4, 0.5) is 10.6 Å². The second kappa shape index (κ2) is 7.96. The molecule has 0 aromatic carbocycles. The molecule has 2 aromatic rings. The Kier molecular flexibility index (Phi) is 5.38. The molecule has 1 fully saturated rings. The summed E-state index contributed by atoms with van der Waals surface area (Å²) in [4.78, 5) is 26.2. The zero-order valence-corrected chi connectivity index (χ0v) is 17.7. The normalized spacial score (nSPS) is 19.4. The Hall–Kier alpha value is -2.71. The molecule has 0 bridgehead atoms. The van der Waals surface area contributed by atoms with Crippen LogP contribution in [0.15, 0.2) is 6.07 Å². The van der Waals surface area contributed by atoms with Crippen molar-refractivity contribution in [2.24, 2.45) is 0 Å². The minimum Gasteiger partial charge on any atom is -0.353 e. The maximum absolute atomic E-state index is 12.8. The van der Waals surface area contributed by atoms with Crippen molar-refractivity contribution in [2.45, 2.75) is 59.0 Å². The molecule has 0 spiro atoms. The Morgan fingerprint density at radius 3 is 2.59 bits per heavy atom. The van der Waals surface area contributed by atoms with Crippen LogP contribution in [0.2, 0.25) is 0 Å². The smallest absolute Gasteiger partial charge is 0.318 e. The number of piperazine rings is 1. The van der Waals surface area contributed by atoms with E-state index in [0.29, 0.717) is 19.0 Å². The zero-order chi connectivity index (χ0) is 20.5. The summed E-state index contributed by atoms with van der Waals surface area (Å²) in [5.74, 6) is 3.91. The first kappa shape index (κ1) is 19.6. The molecule has 2 amide bonds. The number of nitrogens with zero attached hydrogens (tertiary/aromatic N) is 7. The molecule has 4 heterocycles. The SMILES string of the molecule is Cc1cc(N2CCN(C(=O)N[C@@H]3CCCn4c(C)nnc43)CC2)nc(C(C)C)n1. The first-order chi connectivity index (χ1) is 13.9. The van der Waals surface area contributed by atoms with Crippen molar-refractivity contribution < 1.29 is 4.79 Å². The lowest BCUT2D eigenvalue weighted by Crippen LogP contribution is -2.53. The Morgan fingerprint density at radius 1 is 1.10 bits per heavy atom. The molecule has 1 atom stereocenters. The fourth-order valence-corrected chi connectivity index (χ4v) is 4.02. The van der Waals surface area contributed by atoms with E-state index < -0.39 is 0 Å². The Morgan fingerprint density at radius 2 is 1.86 bits per heavy atom. The molecule has 0 aliphatic carbocycles. The van der Waals surface area contributed by atoms with E-state index in [4.69, 9.17) is 4.98 Å². The summed E-state index contributed by atoms with van der Waals surface area (Å²) < 4.78 is 2.11. The summed E-state index contributed by atoms with van der Waals surface area (Å²) in [6, 6.07) is 1.94. The summed E-state index contributed by atoms with van der Waals surface area (Å²) >= 11 is 0. The van der Waals surface area contributed by atoms with Crippen molar-refractivity contribution in [3.8, 4) is 0 Å². The minimum absolute atomic E-state index is 0.0227. The summed E-state index contributed by atoms with van der Waals surface area (Å²) in [7, 11) is 0. The third kappa shape index (κ3) is 4.04. The number of aryl methyl sites for hydroxylation is 2. The molecule has 1 saturated heterocycles. The fourth-order valence-electron chi connectivity index (χ4n) is 4.02. The van der Waals surface area contributed by atoms with Crippen LogP contribution in [-0.2, 0) is 6.54 Å².